The van der Waals surface area contributed by atoms with Crippen LogP contribution in [0.5, 0.6) is 0 Å². The largest absolute Gasteiger partial charge is 0.279 e. The second-order valence-electron chi connectivity index (χ2n) is 2.93. The van der Waals surface area contributed by atoms with Crippen molar-refractivity contribution in [3.63, 3.8) is 0 Å². The molecule has 0 unspecified atom stereocenters. The van der Waals surface area contributed by atoms with Crippen LogP contribution in [0, 0.1) is 27.2 Å². The van der Waals surface area contributed by atoms with E-state index in [4.69, 9.17) is 0 Å². The van der Waals surface area contributed by atoms with Gasteiger partial charge in [-0.2, -0.15) is 0 Å². The molecule has 0 spiro atoms. The van der Waals surface area contributed by atoms with Crippen LogP contribution in [0.4, 0.5) is 11.4 Å². The van der Waals surface area contributed by atoms with Crippen LogP contribution in [0.1, 0.15) is 12.0 Å². The minimum atomic E-state index is -0.652. The molecule has 6 heteroatoms. The third-order valence-corrected chi connectivity index (χ3v) is 1.92. The molecule has 1 aromatic rings. The summed E-state index contributed by atoms with van der Waals surface area (Å²) in [6.07, 6.45) is 0.951. The molecule has 0 aliphatic rings. The highest BCUT2D eigenvalue weighted by molar-refractivity contribution is 5.49. The number of aryl methyl sites for hydroxylation is 1. The van der Waals surface area contributed by atoms with Gasteiger partial charge in [0.25, 0.3) is 11.4 Å². The number of nitro groups is 2. The SMILES string of the molecule is [CH2]CCc1ccc([N+](=O)[O-])cc1[N+](=O)[O-]. The van der Waals surface area contributed by atoms with E-state index in [0.29, 0.717) is 18.4 Å². The fourth-order valence-electron chi connectivity index (χ4n) is 1.24. The molecule has 0 aliphatic carbocycles. The number of benzene rings is 1. The van der Waals surface area contributed by atoms with Gasteiger partial charge < -0.3 is 0 Å². The third-order valence-electron chi connectivity index (χ3n) is 1.92. The monoisotopic (exact) mass is 209 g/mol. The first-order chi connectivity index (χ1) is 7.06. The van der Waals surface area contributed by atoms with E-state index in [9.17, 15) is 20.2 Å². The summed E-state index contributed by atoms with van der Waals surface area (Å²) in [7, 11) is 0. The molecule has 0 aliphatic heterocycles. The smallest absolute Gasteiger partial charge is 0.258 e. The van der Waals surface area contributed by atoms with Gasteiger partial charge in [-0.15, -0.1) is 0 Å². The summed E-state index contributed by atoms with van der Waals surface area (Å²) in [4.78, 5) is 19.8. The van der Waals surface area contributed by atoms with Crippen molar-refractivity contribution in [1.82, 2.24) is 0 Å². The van der Waals surface area contributed by atoms with Crippen LogP contribution in [-0.4, -0.2) is 9.85 Å². The Kier molecular flexibility index (Phi) is 3.33. The molecule has 0 atom stereocenters. The maximum Gasteiger partial charge on any atom is 0.279 e. The van der Waals surface area contributed by atoms with E-state index >= 15 is 0 Å². The lowest BCUT2D eigenvalue weighted by atomic mass is 10.1. The van der Waals surface area contributed by atoms with Crippen LogP contribution >= 0.6 is 0 Å². The van der Waals surface area contributed by atoms with Gasteiger partial charge in [0.2, 0.25) is 0 Å². The van der Waals surface area contributed by atoms with E-state index in [1.165, 1.54) is 12.1 Å². The number of nitro benzene ring substituents is 2. The Morgan fingerprint density at radius 1 is 1.20 bits per heavy atom. The molecule has 0 saturated carbocycles. The van der Waals surface area contributed by atoms with Crippen molar-refractivity contribution in [3.8, 4) is 0 Å². The molecular formula is C9H9N2O4. The zero-order valence-corrected chi connectivity index (χ0v) is 7.88. The second kappa shape index (κ2) is 4.50. The van der Waals surface area contributed by atoms with Gasteiger partial charge in [0.05, 0.1) is 15.9 Å². The van der Waals surface area contributed by atoms with Crippen molar-refractivity contribution in [1.29, 1.82) is 0 Å². The predicted molar refractivity (Wildman–Crippen MR) is 53.4 cm³/mol. The van der Waals surface area contributed by atoms with Crippen LogP contribution in [-0.2, 0) is 6.42 Å². The molecule has 0 saturated heterocycles. The number of nitrogens with zero attached hydrogens (tertiary/aromatic N) is 2. The van der Waals surface area contributed by atoms with Crippen molar-refractivity contribution in [2.24, 2.45) is 0 Å². The van der Waals surface area contributed by atoms with Crippen molar-refractivity contribution in [3.05, 3.63) is 50.9 Å². The van der Waals surface area contributed by atoms with Gasteiger partial charge in [-0.25, -0.2) is 0 Å². The Morgan fingerprint density at radius 2 is 1.87 bits per heavy atom. The van der Waals surface area contributed by atoms with Crippen LogP contribution < -0.4 is 0 Å². The van der Waals surface area contributed by atoms with E-state index in [1.807, 2.05) is 0 Å². The van der Waals surface area contributed by atoms with Gasteiger partial charge >= 0.3 is 0 Å². The van der Waals surface area contributed by atoms with Crippen LogP contribution in [0.3, 0.4) is 0 Å². The standard InChI is InChI=1S/C9H9N2O4/c1-2-3-7-4-5-8(10(12)13)6-9(7)11(14)15/h4-6H,1-3H2. The molecule has 0 heterocycles. The molecule has 0 fully saturated rings. The maximum absolute atomic E-state index is 10.6. The van der Waals surface area contributed by atoms with Gasteiger partial charge in [0.15, 0.2) is 0 Å². The van der Waals surface area contributed by atoms with E-state index in [1.54, 1.807) is 0 Å². The van der Waals surface area contributed by atoms with Crippen LogP contribution in [0.2, 0.25) is 0 Å². The minimum Gasteiger partial charge on any atom is -0.258 e. The average molecular weight is 209 g/mol. The molecular weight excluding hydrogens is 200 g/mol. The fraction of sp³-hybridized carbons (Fsp3) is 0.222. The van der Waals surface area contributed by atoms with E-state index < -0.39 is 9.85 Å². The molecule has 0 amide bonds. The van der Waals surface area contributed by atoms with E-state index in [-0.39, 0.29) is 11.4 Å². The quantitative estimate of drug-likeness (QED) is 0.562. The fourth-order valence-corrected chi connectivity index (χ4v) is 1.24. The highest BCUT2D eigenvalue weighted by Gasteiger charge is 2.18. The van der Waals surface area contributed by atoms with E-state index in [0.717, 1.165) is 6.07 Å². The van der Waals surface area contributed by atoms with Crippen LogP contribution in [0.15, 0.2) is 18.2 Å². The highest BCUT2D eigenvalue weighted by atomic mass is 16.6. The Bertz CT molecular complexity index is 403. The molecule has 1 aromatic carbocycles. The number of hydrogen-bond donors (Lipinski definition) is 0. The Hall–Kier alpha value is -1.98. The predicted octanol–water partition coefficient (Wildman–Crippen LogP) is 2.27. The molecule has 1 radical (unpaired) electrons. The summed E-state index contributed by atoms with van der Waals surface area (Å²) in [6.45, 7) is 3.58. The summed E-state index contributed by atoms with van der Waals surface area (Å²) in [5, 5.41) is 21.0. The summed E-state index contributed by atoms with van der Waals surface area (Å²) in [6, 6.07) is 3.64. The third kappa shape index (κ3) is 2.49. The second-order valence-corrected chi connectivity index (χ2v) is 2.93. The van der Waals surface area contributed by atoms with Crippen molar-refractivity contribution in [2.75, 3.05) is 0 Å². The first kappa shape index (κ1) is 11.1. The van der Waals surface area contributed by atoms with Gasteiger partial charge in [-0.3, -0.25) is 20.2 Å². The van der Waals surface area contributed by atoms with Gasteiger partial charge in [-0.05, 0) is 18.9 Å². The lowest BCUT2D eigenvalue weighted by Gasteiger charge is -2.00. The number of hydrogen-bond acceptors (Lipinski definition) is 4. The molecule has 0 bridgehead atoms. The first-order valence-electron chi connectivity index (χ1n) is 4.27. The summed E-state index contributed by atoms with van der Waals surface area (Å²) in [5.41, 5.74) is -0.0111. The van der Waals surface area contributed by atoms with Gasteiger partial charge in [0.1, 0.15) is 0 Å². The zero-order valence-electron chi connectivity index (χ0n) is 7.88. The Balaban J connectivity index is 3.20. The maximum atomic E-state index is 10.6. The topological polar surface area (TPSA) is 86.3 Å². The molecule has 15 heavy (non-hydrogen) atoms. The zero-order chi connectivity index (χ0) is 11.4. The lowest BCUT2D eigenvalue weighted by molar-refractivity contribution is -0.394. The summed E-state index contributed by atoms with van der Waals surface area (Å²) >= 11 is 0. The van der Waals surface area contributed by atoms with Crippen molar-refractivity contribution < 1.29 is 9.85 Å². The summed E-state index contributed by atoms with van der Waals surface area (Å²) < 4.78 is 0. The van der Waals surface area contributed by atoms with Crippen molar-refractivity contribution >= 4 is 11.4 Å². The molecule has 79 valence electrons. The van der Waals surface area contributed by atoms with Gasteiger partial charge in [0, 0.05) is 11.6 Å². The average Bonchev–Trinajstić information content (AvgIpc) is 2.18. The first-order valence-corrected chi connectivity index (χ1v) is 4.27. The Morgan fingerprint density at radius 3 is 2.33 bits per heavy atom. The number of non-ortho nitro benzene ring substituents is 1. The molecule has 1 rings (SSSR count). The molecule has 0 N–H and O–H groups in total. The van der Waals surface area contributed by atoms with E-state index in [2.05, 4.69) is 6.92 Å². The molecule has 6 nitrogen and oxygen atoms in total. The normalized spacial score (nSPS) is 9.93. The summed E-state index contributed by atoms with van der Waals surface area (Å²) in [5.74, 6) is 0. The Labute approximate surface area is 85.8 Å². The van der Waals surface area contributed by atoms with Crippen molar-refractivity contribution in [2.45, 2.75) is 12.8 Å². The number of rotatable bonds is 4. The minimum absolute atomic E-state index is 0.215. The van der Waals surface area contributed by atoms with Gasteiger partial charge in [-0.1, -0.05) is 6.92 Å². The highest BCUT2D eigenvalue weighted by Crippen LogP contribution is 2.25. The van der Waals surface area contributed by atoms with Crippen LogP contribution in [0.25, 0.3) is 0 Å². The molecule has 0 aromatic heterocycles. The lowest BCUT2D eigenvalue weighted by Crippen LogP contribution is -1.97.